The first-order valence-electron chi connectivity index (χ1n) is 10.7. The molecule has 5 nitrogen and oxygen atoms in total. The molecule has 0 N–H and O–H groups in total. The van der Waals surface area contributed by atoms with Crippen molar-refractivity contribution in [3.05, 3.63) is 83.2 Å². The van der Waals surface area contributed by atoms with Gasteiger partial charge < -0.3 is 14.0 Å². The quantitative estimate of drug-likeness (QED) is 0.401. The van der Waals surface area contributed by atoms with Crippen LogP contribution in [0.2, 0.25) is 0 Å². The first kappa shape index (κ1) is 21.1. The van der Waals surface area contributed by atoms with E-state index in [1.807, 2.05) is 62.4 Å². The summed E-state index contributed by atoms with van der Waals surface area (Å²) in [6.07, 6.45) is 2.31. The van der Waals surface area contributed by atoms with Gasteiger partial charge in [-0.1, -0.05) is 48.5 Å². The van der Waals surface area contributed by atoms with Crippen LogP contribution in [0.25, 0.3) is 11.1 Å². The Morgan fingerprint density at radius 2 is 1.77 bits per heavy atom. The molecule has 0 amide bonds. The summed E-state index contributed by atoms with van der Waals surface area (Å²) >= 11 is 0. The molecule has 1 aliphatic heterocycles. The minimum atomic E-state index is -0.499. The molecule has 0 radical (unpaired) electrons. The third kappa shape index (κ3) is 4.62. The average molecular weight is 418 g/mol. The van der Waals surface area contributed by atoms with Gasteiger partial charge in [-0.25, -0.2) is 4.79 Å². The van der Waals surface area contributed by atoms with Crippen molar-refractivity contribution >= 4 is 11.8 Å². The Morgan fingerprint density at radius 1 is 1.03 bits per heavy atom. The summed E-state index contributed by atoms with van der Waals surface area (Å²) in [4.78, 5) is 25.6. The molecule has 5 heteroatoms. The van der Waals surface area contributed by atoms with Crippen molar-refractivity contribution in [1.29, 1.82) is 0 Å². The number of aromatic nitrogens is 1. The first-order valence-corrected chi connectivity index (χ1v) is 10.7. The highest BCUT2D eigenvalue weighted by molar-refractivity contribution is 6.02. The summed E-state index contributed by atoms with van der Waals surface area (Å²) in [5.41, 5.74) is 4.66. The lowest BCUT2D eigenvalue weighted by atomic mass is 10.00. The van der Waals surface area contributed by atoms with E-state index in [-0.39, 0.29) is 18.5 Å². The average Bonchev–Trinajstić information content (AvgIpc) is 3.41. The van der Waals surface area contributed by atoms with Gasteiger partial charge in [0.2, 0.25) is 5.78 Å². The number of esters is 1. The van der Waals surface area contributed by atoms with E-state index < -0.39 is 5.97 Å². The number of hydrogen-bond donors (Lipinski definition) is 0. The zero-order chi connectivity index (χ0) is 21.8. The van der Waals surface area contributed by atoms with Gasteiger partial charge in [0.05, 0.1) is 11.7 Å². The van der Waals surface area contributed by atoms with Gasteiger partial charge in [-0.2, -0.15) is 0 Å². The zero-order valence-corrected chi connectivity index (χ0v) is 18.0. The number of ketones is 1. The molecular formula is C26H27NO4. The summed E-state index contributed by atoms with van der Waals surface area (Å²) in [7, 11) is 0. The molecule has 0 bridgehead atoms. The molecule has 2 aromatic carbocycles. The lowest BCUT2D eigenvalue weighted by molar-refractivity contribution is 0.0475. The first-order chi connectivity index (χ1) is 15.0. The van der Waals surface area contributed by atoms with Gasteiger partial charge in [0.1, 0.15) is 0 Å². The molecule has 1 fully saturated rings. The summed E-state index contributed by atoms with van der Waals surface area (Å²) in [5, 5.41) is 0. The Bertz CT molecular complexity index is 1080. The Kier molecular flexibility index (Phi) is 6.33. The molecule has 3 aromatic rings. The fourth-order valence-electron chi connectivity index (χ4n) is 4.17. The maximum atomic E-state index is 12.8. The molecule has 1 saturated heterocycles. The number of benzene rings is 2. The topological polar surface area (TPSA) is 57.5 Å². The lowest BCUT2D eigenvalue weighted by Gasteiger charge is -2.15. The maximum absolute atomic E-state index is 12.8. The number of nitrogens with zero attached hydrogens (tertiary/aromatic N) is 1. The molecule has 4 rings (SSSR count). The van der Waals surface area contributed by atoms with Crippen molar-refractivity contribution in [1.82, 2.24) is 4.57 Å². The van der Waals surface area contributed by atoms with Crippen molar-refractivity contribution in [3.63, 3.8) is 0 Å². The molecule has 0 aliphatic carbocycles. The molecule has 0 saturated carbocycles. The summed E-state index contributed by atoms with van der Waals surface area (Å²) in [6, 6.07) is 18.8. The van der Waals surface area contributed by atoms with Crippen LogP contribution in [0.15, 0.2) is 60.7 Å². The molecule has 160 valence electrons. The summed E-state index contributed by atoms with van der Waals surface area (Å²) in [5.74, 6) is -0.696. The number of hydrogen-bond acceptors (Lipinski definition) is 4. The van der Waals surface area contributed by atoms with Crippen LogP contribution in [-0.4, -0.2) is 35.6 Å². The van der Waals surface area contributed by atoms with Crippen LogP contribution in [-0.2, 0) is 16.0 Å². The van der Waals surface area contributed by atoms with E-state index in [2.05, 4.69) is 4.57 Å². The van der Waals surface area contributed by atoms with E-state index in [4.69, 9.17) is 9.47 Å². The molecule has 1 aromatic heterocycles. The zero-order valence-electron chi connectivity index (χ0n) is 18.0. The van der Waals surface area contributed by atoms with Gasteiger partial charge in [-0.05, 0) is 49.9 Å². The van der Waals surface area contributed by atoms with E-state index >= 15 is 0 Å². The molecule has 0 unspecified atom stereocenters. The van der Waals surface area contributed by atoms with Gasteiger partial charge >= 0.3 is 5.97 Å². The highest BCUT2D eigenvalue weighted by Gasteiger charge is 2.22. The Labute approximate surface area is 182 Å². The molecule has 1 atom stereocenters. The van der Waals surface area contributed by atoms with E-state index in [1.165, 1.54) is 0 Å². The fourth-order valence-corrected chi connectivity index (χ4v) is 4.17. The molecule has 31 heavy (non-hydrogen) atoms. The number of aryl methyl sites for hydroxylation is 1. The highest BCUT2D eigenvalue weighted by atomic mass is 16.5. The van der Waals surface area contributed by atoms with Gasteiger partial charge in [0.15, 0.2) is 6.61 Å². The standard InChI is InChI=1S/C26H27NO4/c1-18-15-24(19(2)27(18)16-21-11-8-14-30-21)25(28)17-31-26(29)23-13-7-6-12-22(23)20-9-4-3-5-10-20/h3-7,9-10,12-13,15,21H,8,11,14,16-17H2,1-2H3/t21-/m0/s1. The van der Waals surface area contributed by atoms with Crippen LogP contribution < -0.4 is 0 Å². The summed E-state index contributed by atoms with van der Waals surface area (Å²) in [6.45, 7) is 5.18. The maximum Gasteiger partial charge on any atom is 0.339 e. The molecule has 1 aliphatic rings. The highest BCUT2D eigenvalue weighted by Crippen LogP contribution is 2.25. The predicted octanol–water partition coefficient (Wildman–Crippen LogP) is 4.99. The second-order valence-electron chi connectivity index (χ2n) is 7.94. The number of Topliss-reactive ketones (excluding diaryl/α,β-unsaturated/α-hetero) is 1. The SMILES string of the molecule is Cc1cc(C(=O)COC(=O)c2ccccc2-c2ccccc2)c(C)n1C[C@@H]1CCCO1. The van der Waals surface area contributed by atoms with Gasteiger partial charge in [0.25, 0.3) is 0 Å². The van der Waals surface area contributed by atoms with Crippen molar-refractivity contribution < 1.29 is 19.1 Å². The van der Waals surface area contributed by atoms with E-state index in [0.717, 1.165) is 48.5 Å². The van der Waals surface area contributed by atoms with Gasteiger partial charge in [0, 0.05) is 30.1 Å². The molecule has 2 heterocycles. The second kappa shape index (κ2) is 9.31. The van der Waals surface area contributed by atoms with Gasteiger partial charge in [-0.3, -0.25) is 4.79 Å². The van der Waals surface area contributed by atoms with Crippen LogP contribution in [0.1, 0.15) is 44.9 Å². The predicted molar refractivity (Wildman–Crippen MR) is 119 cm³/mol. The Balaban J connectivity index is 1.46. The van der Waals surface area contributed by atoms with Crippen LogP contribution in [0, 0.1) is 13.8 Å². The van der Waals surface area contributed by atoms with Crippen molar-refractivity contribution in [2.24, 2.45) is 0 Å². The number of ether oxygens (including phenoxy) is 2. The van der Waals surface area contributed by atoms with Crippen molar-refractivity contribution in [2.75, 3.05) is 13.2 Å². The minimum absolute atomic E-state index is 0.195. The second-order valence-corrected chi connectivity index (χ2v) is 7.94. The number of carbonyl (C=O) groups excluding carboxylic acids is 2. The van der Waals surface area contributed by atoms with E-state index in [0.29, 0.717) is 11.1 Å². The Morgan fingerprint density at radius 3 is 2.52 bits per heavy atom. The van der Waals surface area contributed by atoms with Crippen LogP contribution in [0.5, 0.6) is 0 Å². The molecule has 0 spiro atoms. The third-order valence-corrected chi connectivity index (χ3v) is 5.85. The van der Waals surface area contributed by atoms with E-state index in [9.17, 15) is 9.59 Å². The number of rotatable bonds is 7. The number of carbonyl (C=O) groups is 2. The fraction of sp³-hybridized carbons (Fsp3) is 0.308. The van der Waals surface area contributed by atoms with E-state index in [1.54, 1.807) is 12.1 Å². The normalized spacial score (nSPS) is 15.7. The largest absolute Gasteiger partial charge is 0.454 e. The van der Waals surface area contributed by atoms with Crippen molar-refractivity contribution in [2.45, 2.75) is 39.3 Å². The summed E-state index contributed by atoms with van der Waals surface area (Å²) < 4.78 is 13.3. The smallest absolute Gasteiger partial charge is 0.339 e. The Hall–Kier alpha value is -3.18. The van der Waals surface area contributed by atoms with Gasteiger partial charge in [-0.15, -0.1) is 0 Å². The monoisotopic (exact) mass is 417 g/mol. The third-order valence-electron chi connectivity index (χ3n) is 5.85. The van der Waals surface area contributed by atoms with Crippen molar-refractivity contribution in [3.8, 4) is 11.1 Å². The van der Waals surface area contributed by atoms with Crippen LogP contribution in [0.4, 0.5) is 0 Å². The minimum Gasteiger partial charge on any atom is -0.454 e. The molecular weight excluding hydrogens is 390 g/mol. The van der Waals surface area contributed by atoms with Crippen LogP contribution in [0.3, 0.4) is 0 Å². The lowest BCUT2D eigenvalue weighted by Crippen LogP contribution is -2.18. The van der Waals surface area contributed by atoms with Crippen LogP contribution >= 0.6 is 0 Å².